The van der Waals surface area contributed by atoms with Crippen molar-refractivity contribution < 1.29 is 9.53 Å². The van der Waals surface area contributed by atoms with Crippen molar-refractivity contribution in [2.45, 2.75) is 73.5 Å². The first kappa shape index (κ1) is 21.0. The summed E-state index contributed by atoms with van der Waals surface area (Å²) in [5.41, 5.74) is 7.10. The zero-order chi connectivity index (χ0) is 20.3. The quantitative estimate of drug-likeness (QED) is 0.712. The van der Waals surface area contributed by atoms with E-state index in [0.29, 0.717) is 5.92 Å². The molecule has 2 aromatic rings. The van der Waals surface area contributed by atoms with Crippen molar-refractivity contribution in [1.29, 1.82) is 0 Å². The van der Waals surface area contributed by atoms with Crippen molar-refractivity contribution in [2.24, 2.45) is 0 Å². The zero-order valence-electron chi connectivity index (χ0n) is 17.9. The Balaban J connectivity index is 2.12. The van der Waals surface area contributed by atoms with E-state index in [4.69, 9.17) is 4.74 Å². The third-order valence-corrected chi connectivity index (χ3v) is 5.17. The van der Waals surface area contributed by atoms with E-state index in [1.54, 1.807) is 0 Å². The molecule has 0 bridgehead atoms. The van der Waals surface area contributed by atoms with Crippen LogP contribution < -0.4 is 10.1 Å². The summed E-state index contributed by atoms with van der Waals surface area (Å²) in [5.74, 6) is 1.03. The fourth-order valence-corrected chi connectivity index (χ4v) is 3.32. The van der Waals surface area contributed by atoms with Gasteiger partial charge >= 0.3 is 0 Å². The number of benzene rings is 2. The molecule has 146 valence electrons. The number of hydrogen-bond acceptors (Lipinski definition) is 2. The van der Waals surface area contributed by atoms with E-state index in [-0.39, 0.29) is 11.9 Å². The summed E-state index contributed by atoms with van der Waals surface area (Å²) in [5, 5.41) is 3.10. The second kappa shape index (κ2) is 8.60. The molecule has 3 heteroatoms. The van der Waals surface area contributed by atoms with E-state index < -0.39 is 6.10 Å². The van der Waals surface area contributed by atoms with Crippen LogP contribution in [0.2, 0.25) is 0 Å². The van der Waals surface area contributed by atoms with Gasteiger partial charge in [0.05, 0.1) is 6.04 Å². The van der Waals surface area contributed by atoms with E-state index in [1.165, 1.54) is 16.7 Å². The van der Waals surface area contributed by atoms with Crippen molar-refractivity contribution in [3.05, 3.63) is 63.7 Å². The Bertz CT molecular complexity index is 823. The van der Waals surface area contributed by atoms with Crippen LogP contribution in [0.15, 0.2) is 30.3 Å². The largest absolute Gasteiger partial charge is 0.481 e. The van der Waals surface area contributed by atoms with Gasteiger partial charge in [-0.15, -0.1) is 0 Å². The van der Waals surface area contributed by atoms with E-state index in [9.17, 15) is 4.79 Å². The molecule has 0 aliphatic heterocycles. The summed E-state index contributed by atoms with van der Waals surface area (Å²) in [6, 6.07) is 10.5. The van der Waals surface area contributed by atoms with Crippen LogP contribution in [-0.4, -0.2) is 12.0 Å². The Morgan fingerprint density at radius 2 is 1.48 bits per heavy atom. The summed E-state index contributed by atoms with van der Waals surface area (Å²) in [4.78, 5) is 12.7. The van der Waals surface area contributed by atoms with Crippen molar-refractivity contribution >= 4 is 5.91 Å². The molecule has 0 heterocycles. The van der Waals surface area contributed by atoms with Gasteiger partial charge in [0.1, 0.15) is 5.75 Å². The second-order valence-corrected chi connectivity index (χ2v) is 7.98. The zero-order valence-corrected chi connectivity index (χ0v) is 17.9. The van der Waals surface area contributed by atoms with Crippen molar-refractivity contribution in [3.8, 4) is 5.75 Å². The highest BCUT2D eigenvalue weighted by Gasteiger charge is 2.20. The highest BCUT2D eigenvalue weighted by Crippen LogP contribution is 2.28. The lowest BCUT2D eigenvalue weighted by molar-refractivity contribution is -0.127. The summed E-state index contributed by atoms with van der Waals surface area (Å²) in [6.07, 6.45) is -0.557. The molecule has 0 aliphatic carbocycles. The first-order valence-electron chi connectivity index (χ1n) is 9.75. The Hall–Kier alpha value is -2.29. The lowest BCUT2D eigenvalue weighted by Crippen LogP contribution is -2.38. The molecule has 2 unspecified atom stereocenters. The van der Waals surface area contributed by atoms with E-state index in [1.807, 2.05) is 26.8 Å². The molecule has 1 amide bonds. The van der Waals surface area contributed by atoms with Crippen LogP contribution in [0.4, 0.5) is 0 Å². The highest BCUT2D eigenvalue weighted by atomic mass is 16.5. The predicted octanol–water partition coefficient (Wildman–Crippen LogP) is 5.69. The van der Waals surface area contributed by atoms with Crippen LogP contribution in [0.5, 0.6) is 5.75 Å². The Labute approximate surface area is 164 Å². The number of nitrogens with one attached hydrogen (secondary N) is 1. The third kappa shape index (κ3) is 5.12. The van der Waals surface area contributed by atoms with Crippen LogP contribution in [0.1, 0.15) is 73.0 Å². The molecular weight excluding hydrogens is 334 g/mol. The number of amides is 1. The summed E-state index contributed by atoms with van der Waals surface area (Å²) >= 11 is 0. The maximum absolute atomic E-state index is 12.7. The lowest BCUT2D eigenvalue weighted by Gasteiger charge is -2.23. The molecule has 2 aromatic carbocycles. The van der Waals surface area contributed by atoms with E-state index in [0.717, 1.165) is 22.4 Å². The van der Waals surface area contributed by atoms with Crippen LogP contribution >= 0.6 is 0 Å². The molecule has 0 aliphatic rings. The number of carbonyl (C=O) groups is 1. The molecule has 27 heavy (non-hydrogen) atoms. The van der Waals surface area contributed by atoms with Crippen LogP contribution in [0, 0.1) is 27.7 Å². The normalized spacial score (nSPS) is 13.4. The van der Waals surface area contributed by atoms with Gasteiger partial charge in [0.2, 0.25) is 0 Å². The van der Waals surface area contributed by atoms with Crippen molar-refractivity contribution in [1.82, 2.24) is 5.32 Å². The predicted molar refractivity (Wildman–Crippen MR) is 113 cm³/mol. The van der Waals surface area contributed by atoms with Gasteiger partial charge < -0.3 is 10.1 Å². The summed E-state index contributed by atoms with van der Waals surface area (Å²) < 4.78 is 6.05. The SMILES string of the molecule is Cc1ccc(C(C)C)c(OC(C)C(=O)NC(C)c2cc(C)c(C)cc2C)c1. The monoisotopic (exact) mass is 367 g/mol. The van der Waals surface area contributed by atoms with Gasteiger partial charge in [-0.25, -0.2) is 0 Å². The van der Waals surface area contributed by atoms with Gasteiger partial charge in [-0.05, 0) is 86.9 Å². The van der Waals surface area contributed by atoms with Gasteiger partial charge in [-0.1, -0.05) is 38.1 Å². The van der Waals surface area contributed by atoms with Crippen LogP contribution in [-0.2, 0) is 4.79 Å². The molecule has 0 saturated heterocycles. The molecule has 0 aromatic heterocycles. The number of carbonyl (C=O) groups excluding carboxylic acids is 1. The third-order valence-electron chi connectivity index (χ3n) is 5.17. The van der Waals surface area contributed by atoms with Crippen LogP contribution in [0.3, 0.4) is 0 Å². The summed E-state index contributed by atoms with van der Waals surface area (Å²) in [7, 11) is 0. The maximum atomic E-state index is 12.7. The van der Waals surface area contributed by atoms with Crippen molar-refractivity contribution in [3.63, 3.8) is 0 Å². The first-order chi connectivity index (χ1) is 12.6. The van der Waals surface area contributed by atoms with Crippen molar-refractivity contribution in [2.75, 3.05) is 0 Å². The van der Waals surface area contributed by atoms with Gasteiger partial charge in [-0.2, -0.15) is 0 Å². The molecule has 1 N–H and O–H groups in total. The topological polar surface area (TPSA) is 38.3 Å². The molecule has 0 radical (unpaired) electrons. The first-order valence-corrected chi connectivity index (χ1v) is 9.75. The minimum Gasteiger partial charge on any atom is -0.481 e. The molecule has 2 rings (SSSR count). The lowest BCUT2D eigenvalue weighted by atomic mass is 9.96. The van der Waals surface area contributed by atoms with Gasteiger partial charge in [0.15, 0.2) is 6.10 Å². The minimum atomic E-state index is -0.557. The average Bonchev–Trinajstić information content (AvgIpc) is 2.57. The standard InChI is InChI=1S/C24H33NO2/c1-14(2)21-10-9-15(3)11-23(21)27-20(8)24(26)25-19(7)22-13-17(5)16(4)12-18(22)6/h9-14,19-20H,1-8H3,(H,25,26). The molecule has 2 atom stereocenters. The number of hydrogen-bond donors (Lipinski definition) is 1. The molecule has 3 nitrogen and oxygen atoms in total. The van der Waals surface area contributed by atoms with E-state index >= 15 is 0 Å². The number of rotatable bonds is 6. The Morgan fingerprint density at radius 1 is 0.852 bits per heavy atom. The minimum absolute atomic E-state index is 0.0649. The molecule has 0 fully saturated rings. The Kier molecular flexibility index (Phi) is 6.69. The highest BCUT2D eigenvalue weighted by molar-refractivity contribution is 5.81. The Morgan fingerprint density at radius 3 is 2.11 bits per heavy atom. The average molecular weight is 368 g/mol. The van der Waals surface area contributed by atoms with Gasteiger partial charge in [0.25, 0.3) is 5.91 Å². The van der Waals surface area contributed by atoms with E-state index in [2.05, 4.69) is 64.2 Å². The molecule has 0 spiro atoms. The molecule has 0 saturated carbocycles. The smallest absolute Gasteiger partial charge is 0.261 e. The maximum Gasteiger partial charge on any atom is 0.261 e. The van der Waals surface area contributed by atoms with Gasteiger partial charge in [0, 0.05) is 0 Å². The number of aryl methyl sites for hydroxylation is 4. The second-order valence-electron chi connectivity index (χ2n) is 7.98. The fourth-order valence-electron chi connectivity index (χ4n) is 3.32. The van der Waals surface area contributed by atoms with Gasteiger partial charge in [-0.3, -0.25) is 4.79 Å². The number of ether oxygens (including phenoxy) is 1. The molecular formula is C24H33NO2. The van der Waals surface area contributed by atoms with Crippen LogP contribution in [0.25, 0.3) is 0 Å². The summed E-state index contributed by atoms with van der Waals surface area (Å²) in [6.45, 7) is 16.4. The fraction of sp³-hybridized carbons (Fsp3) is 0.458.